The third-order valence-corrected chi connectivity index (χ3v) is 4.04. The van der Waals surface area contributed by atoms with Crippen LogP contribution >= 0.6 is 0 Å². The summed E-state index contributed by atoms with van der Waals surface area (Å²) in [5, 5.41) is 9.44. The predicted molar refractivity (Wildman–Crippen MR) is 80.8 cm³/mol. The summed E-state index contributed by atoms with van der Waals surface area (Å²) in [6.45, 7) is 4.91. The highest BCUT2D eigenvalue weighted by Gasteiger charge is 2.39. The Bertz CT molecular complexity index is 450. The highest BCUT2D eigenvalue weighted by Crippen LogP contribution is 2.32. The summed E-state index contributed by atoms with van der Waals surface area (Å²) in [5.74, 6) is -0.967. The quantitative estimate of drug-likeness (QED) is 0.529. The van der Waals surface area contributed by atoms with Crippen LogP contribution in [0.2, 0.25) is 0 Å². The summed E-state index contributed by atoms with van der Waals surface area (Å²) in [6, 6.07) is 2.27. The molecule has 0 radical (unpaired) electrons. The smallest absolute Gasteiger partial charge is 0.335 e. The number of amides is 1. The number of likely N-dealkylation sites (N-methyl/N-ethyl adjacent to an activating group) is 1. The maximum Gasteiger partial charge on any atom is 0.335 e. The number of rotatable bonds is 7. The molecular weight excluding hydrogens is 284 g/mol. The molecule has 1 rings (SSSR count). The number of ether oxygens (including phenoxy) is 2. The Hall–Kier alpha value is -1.87. The van der Waals surface area contributed by atoms with Gasteiger partial charge in [-0.25, -0.2) is 4.79 Å². The van der Waals surface area contributed by atoms with Gasteiger partial charge in [0.15, 0.2) is 12.7 Å². The van der Waals surface area contributed by atoms with Gasteiger partial charge in [0.1, 0.15) is 5.54 Å². The van der Waals surface area contributed by atoms with E-state index in [1.54, 1.807) is 14.0 Å². The van der Waals surface area contributed by atoms with Crippen molar-refractivity contribution in [3.05, 3.63) is 12.7 Å². The van der Waals surface area contributed by atoms with Gasteiger partial charge in [0.25, 0.3) is 5.91 Å². The first kappa shape index (κ1) is 18.2. The molecule has 0 aromatic carbocycles. The van der Waals surface area contributed by atoms with Crippen molar-refractivity contribution in [2.45, 2.75) is 50.7 Å². The Labute approximate surface area is 131 Å². The molecule has 1 saturated carbocycles. The lowest BCUT2D eigenvalue weighted by Gasteiger charge is -2.38. The van der Waals surface area contributed by atoms with Crippen molar-refractivity contribution in [1.82, 2.24) is 4.90 Å². The van der Waals surface area contributed by atoms with Crippen LogP contribution < -0.4 is 0 Å². The minimum atomic E-state index is -0.771. The average Bonchev–Trinajstić information content (AvgIpc) is 2.56. The SMILES string of the molecule is C=CCOC(C)C(=O)OCC(=O)N(C)C1(C#N)CCCCC1. The first-order chi connectivity index (χ1) is 10.5. The van der Waals surface area contributed by atoms with Gasteiger partial charge in [0.2, 0.25) is 0 Å². The molecule has 6 heteroatoms. The molecule has 0 saturated heterocycles. The Morgan fingerprint density at radius 2 is 2.05 bits per heavy atom. The standard InChI is InChI=1S/C16H24N2O4/c1-4-10-21-13(2)15(20)22-11-14(19)18(3)16(12-17)8-6-5-7-9-16/h4,13H,1,5-11H2,2-3H3. The molecule has 0 spiro atoms. The number of carbonyl (C=O) groups excluding carboxylic acids is 2. The lowest BCUT2D eigenvalue weighted by molar-refractivity contribution is -0.161. The summed E-state index contributed by atoms with van der Waals surface area (Å²) in [6.07, 6.45) is 5.04. The third kappa shape index (κ3) is 4.57. The highest BCUT2D eigenvalue weighted by atomic mass is 16.6. The number of hydrogen-bond donors (Lipinski definition) is 0. The van der Waals surface area contributed by atoms with Gasteiger partial charge in [-0.15, -0.1) is 6.58 Å². The van der Waals surface area contributed by atoms with E-state index in [2.05, 4.69) is 12.6 Å². The maximum absolute atomic E-state index is 12.2. The monoisotopic (exact) mass is 308 g/mol. The number of nitrogens with zero attached hydrogens (tertiary/aromatic N) is 2. The molecule has 122 valence electrons. The number of nitriles is 1. The predicted octanol–water partition coefficient (Wildman–Crippen LogP) is 1.81. The number of hydrogen-bond acceptors (Lipinski definition) is 5. The third-order valence-electron chi connectivity index (χ3n) is 4.04. The molecule has 0 aromatic rings. The van der Waals surface area contributed by atoms with E-state index in [9.17, 15) is 14.9 Å². The van der Waals surface area contributed by atoms with Crippen molar-refractivity contribution < 1.29 is 19.1 Å². The van der Waals surface area contributed by atoms with E-state index in [0.717, 1.165) is 19.3 Å². The lowest BCUT2D eigenvalue weighted by atomic mass is 9.81. The molecule has 1 unspecified atom stereocenters. The first-order valence-electron chi connectivity index (χ1n) is 7.54. The van der Waals surface area contributed by atoms with Gasteiger partial charge in [-0.2, -0.15) is 5.26 Å². The molecule has 0 bridgehead atoms. The average molecular weight is 308 g/mol. The van der Waals surface area contributed by atoms with E-state index in [-0.39, 0.29) is 19.1 Å². The van der Waals surface area contributed by atoms with Gasteiger partial charge in [0.05, 0.1) is 12.7 Å². The zero-order valence-electron chi connectivity index (χ0n) is 13.3. The zero-order valence-corrected chi connectivity index (χ0v) is 13.3. The van der Waals surface area contributed by atoms with Gasteiger partial charge < -0.3 is 14.4 Å². The minimum absolute atomic E-state index is 0.238. The molecule has 0 N–H and O–H groups in total. The van der Waals surface area contributed by atoms with Crippen molar-refractivity contribution >= 4 is 11.9 Å². The van der Waals surface area contributed by atoms with E-state index < -0.39 is 17.6 Å². The van der Waals surface area contributed by atoms with Crippen LogP contribution in [0.4, 0.5) is 0 Å². The van der Waals surface area contributed by atoms with Crippen LogP contribution in [0.15, 0.2) is 12.7 Å². The molecule has 1 fully saturated rings. The van der Waals surface area contributed by atoms with E-state index in [1.165, 1.54) is 11.0 Å². The molecule has 0 aromatic heterocycles. The van der Waals surface area contributed by atoms with Gasteiger partial charge >= 0.3 is 5.97 Å². The molecule has 0 aliphatic heterocycles. The molecule has 22 heavy (non-hydrogen) atoms. The van der Waals surface area contributed by atoms with E-state index >= 15 is 0 Å². The van der Waals surface area contributed by atoms with E-state index in [0.29, 0.717) is 12.8 Å². The van der Waals surface area contributed by atoms with Crippen LogP contribution in [0, 0.1) is 11.3 Å². The Balaban J connectivity index is 2.52. The Morgan fingerprint density at radius 1 is 1.41 bits per heavy atom. The minimum Gasteiger partial charge on any atom is -0.454 e. The van der Waals surface area contributed by atoms with Gasteiger partial charge in [0, 0.05) is 7.05 Å². The second kappa shape index (κ2) is 8.54. The molecule has 1 aliphatic carbocycles. The first-order valence-corrected chi connectivity index (χ1v) is 7.54. The van der Waals surface area contributed by atoms with Crippen LogP contribution in [0.3, 0.4) is 0 Å². The molecular formula is C16H24N2O4. The molecule has 1 atom stereocenters. The topological polar surface area (TPSA) is 79.6 Å². The molecule has 1 amide bonds. The number of carbonyl (C=O) groups is 2. The van der Waals surface area contributed by atoms with Crippen molar-refractivity contribution in [2.24, 2.45) is 0 Å². The molecule has 0 heterocycles. The number of esters is 1. The van der Waals surface area contributed by atoms with Gasteiger partial charge in [-0.3, -0.25) is 4.79 Å². The molecule has 1 aliphatic rings. The summed E-state index contributed by atoms with van der Waals surface area (Å²) in [7, 11) is 1.60. The van der Waals surface area contributed by atoms with Crippen LogP contribution in [-0.2, 0) is 19.1 Å². The fourth-order valence-electron chi connectivity index (χ4n) is 2.53. The maximum atomic E-state index is 12.2. The van der Waals surface area contributed by atoms with Crippen molar-refractivity contribution in [2.75, 3.05) is 20.3 Å². The van der Waals surface area contributed by atoms with Crippen molar-refractivity contribution in [3.63, 3.8) is 0 Å². The summed E-state index contributed by atoms with van der Waals surface area (Å²) < 4.78 is 10.1. The molecule has 6 nitrogen and oxygen atoms in total. The van der Waals surface area contributed by atoms with Crippen molar-refractivity contribution in [3.8, 4) is 6.07 Å². The summed E-state index contributed by atoms with van der Waals surface area (Å²) in [5.41, 5.74) is -0.771. The highest BCUT2D eigenvalue weighted by molar-refractivity contribution is 5.82. The zero-order chi connectivity index (χ0) is 16.6. The lowest BCUT2D eigenvalue weighted by Crippen LogP contribution is -2.51. The second-order valence-electron chi connectivity index (χ2n) is 5.53. The van der Waals surface area contributed by atoms with Gasteiger partial charge in [-0.1, -0.05) is 25.3 Å². The largest absolute Gasteiger partial charge is 0.454 e. The van der Waals surface area contributed by atoms with Crippen LogP contribution in [-0.4, -0.2) is 48.7 Å². The van der Waals surface area contributed by atoms with Crippen molar-refractivity contribution in [1.29, 1.82) is 5.26 Å². The Kier molecular flexibility index (Phi) is 7.06. The summed E-state index contributed by atoms with van der Waals surface area (Å²) in [4.78, 5) is 25.3. The fourth-order valence-corrected chi connectivity index (χ4v) is 2.53. The fraction of sp³-hybridized carbons (Fsp3) is 0.688. The van der Waals surface area contributed by atoms with Gasteiger partial charge in [-0.05, 0) is 19.8 Å². The van der Waals surface area contributed by atoms with Crippen LogP contribution in [0.5, 0.6) is 0 Å². The Morgan fingerprint density at radius 3 is 2.59 bits per heavy atom. The summed E-state index contributed by atoms with van der Waals surface area (Å²) >= 11 is 0. The second-order valence-corrected chi connectivity index (χ2v) is 5.53. The normalized spacial score (nSPS) is 17.9. The van der Waals surface area contributed by atoms with E-state index in [1.807, 2.05) is 0 Å². The van der Waals surface area contributed by atoms with Crippen LogP contribution in [0.25, 0.3) is 0 Å². The van der Waals surface area contributed by atoms with Crippen LogP contribution in [0.1, 0.15) is 39.0 Å². The van der Waals surface area contributed by atoms with E-state index in [4.69, 9.17) is 9.47 Å².